The van der Waals surface area contributed by atoms with E-state index in [2.05, 4.69) is 0 Å². The van der Waals surface area contributed by atoms with Gasteiger partial charge in [-0.3, -0.25) is 0 Å². The molecule has 0 aliphatic heterocycles. The summed E-state index contributed by atoms with van der Waals surface area (Å²) in [6, 6.07) is 13.6. The van der Waals surface area contributed by atoms with Gasteiger partial charge < -0.3 is 0 Å². The lowest BCUT2D eigenvalue weighted by atomic mass is 10.0. The van der Waals surface area contributed by atoms with Crippen molar-refractivity contribution in [3.05, 3.63) is 89.5 Å². The van der Waals surface area contributed by atoms with Gasteiger partial charge in [0.2, 0.25) is 0 Å². The fourth-order valence-electron chi connectivity index (χ4n) is 2.92. The van der Waals surface area contributed by atoms with Crippen molar-refractivity contribution in [1.29, 1.82) is 0 Å². The van der Waals surface area contributed by atoms with Crippen molar-refractivity contribution < 1.29 is 39.5 Å². The van der Waals surface area contributed by atoms with Gasteiger partial charge in [-0.1, -0.05) is 36.4 Å². The minimum Gasteiger partial charge on any atom is -0.166 e. The van der Waals surface area contributed by atoms with Crippen LogP contribution < -0.4 is 0 Å². The Bertz CT molecular complexity index is 962. The summed E-state index contributed by atoms with van der Waals surface area (Å²) in [5.74, 6) is 0. The van der Waals surface area contributed by atoms with E-state index in [1.807, 2.05) is 0 Å². The molecule has 31 heavy (non-hydrogen) atoms. The summed E-state index contributed by atoms with van der Waals surface area (Å²) in [5.41, 5.74) is -5.95. The molecular formula is C21H12F9S+. The van der Waals surface area contributed by atoms with Crippen molar-refractivity contribution in [2.24, 2.45) is 0 Å². The van der Waals surface area contributed by atoms with Gasteiger partial charge >= 0.3 is 18.5 Å². The zero-order valence-electron chi connectivity index (χ0n) is 15.2. The standard InChI is InChI=1S/C21H12F9S/c22-19(23,24)13-11-16(20(25,26)27)18(17(12-13)21(28,29)30)31(14-7-3-1-4-8-14)15-9-5-2-6-10-15/h1-12H/q+1. The number of rotatable bonds is 3. The summed E-state index contributed by atoms with van der Waals surface area (Å²) >= 11 is 0. The predicted octanol–water partition coefficient (Wildman–Crippen LogP) is 7.84. The molecule has 3 aromatic rings. The summed E-state index contributed by atoms with van der Waals surface area (Å²) in [4.78, 5) is -1.04. The molecule has 3 rings (SSSR count). The predicted molar refractivity (Wildman–Crippen MR) is 96.5 cm³/mol. The summed E-state index contributed by atoms with van der Waals surface area (Å²) in [5, 5.41) is 0. The Kier molecular flexibility index (Phi) is 6.05. The molecule has 3 aromatic carbocycles. The maximum atomic E-state index is 13.8. The first kappa shape index (κ1) is 23.1. The first-order valence-electron chi connectivity index (χ1n) is 8.54. The van der Waals surface area contributed by atoms with Gasteiger partial charge in [-0.2, -0.15) is 39.5 Å². The molecule has 0 unspecified atom stereocenters. The van der Waals surface area contributed by atoms with Crippen molar-refractivity contribution in [2.75, 3.05) is 0 Å². The minimum absolute atomic E-state index is 0.101. The van der Waals surface area contributed by atoms with E-state index in [-0.39, 0.29) is 21.9 Å². The van der Waals surface area contributed by atoms with Crippen LogP contribution in [0.15, 0.2) is 87.5 Å². The molecule has 0 aliphatic carbocycles. The van der Waals surface area contributed by atoms with Gasteiger partial charge in [-0.15, -0.1) is 0 Å². The van der Waals surface area contributed by atoms with E-state index >= 15 is 0 Å². The van der Waals surface area contributed by atoms with Crippen molar-refractivity contribution in [3.63, 3.8) is 0 Å². The first-order valence-corrected chi connectivity index (χ1v) is 9.76. The number of halogens is 9. The van der Waals surface area contributed by atoms with Gasteiger partial charge in [0.25, 0.3) is 0 Å². The van der Waals surface area contributed by atoms with Crippen molar-refractivity contribution in [2.45, 2.75) is 33.2 Å². The fraction of sp³-hybridized carbons (Fsp3) is 0.143. The monoisotopic (exact) mass is 467 g/mol. The molecule has 164 valence electrons. The molecule has 0 amide bonds. The maximum Gasteiger partial charge on any atom is 0.421 e. The normalized spacial score (nSPS) is 13.0. The second kappa shape index (κ2) is 8.14. The second-order valence-electron chi connectivity index (χ2n) is 6.33. The number of benzene rings is 3. The SMILES string of the molecule is FC(F)(F)c1cc(C(F)(F)F)c([S+](c2ccccc2)c2ccccc2)c(C(F)(F)F)c1. The van der Waals surface area contributed by atoms with Gasteiger partial charge in [0.1, 0.15) is 22.0 Å². The molecule has 0 bridgehead atoms. The van der Waals surface area contributed by atoms with E-state index in [1.54, 1.807) is 0 Å². The van der Waals surface area contributed by atoms with E-state index in [1.165, 1.54) is 60.7 Å². The number of hydrogen-bond acceptors (Lipinski definition) is 0. The van der Waals surface area contributed by atoms with Crippen LogP contribution in [0.3, 0.4) is 0 Å². The minimum atomic E-state index is -5.45. The van der Waals surface area contributed by atoms with Crippen LogP contribution in [0, 0.1) is 0 Å². The molecule has 0 saturated carbocycles. The van der Waals surface area contributed by atoms with E-state index in [0.717, 1.165) is 0 Å². The largest absolute Gasteiger partial charge is 0.421 e. The molecule has 0 aromatic heterocycles. The van der Waals surface area contributed by atoms with Crippen LogP contribution in [0.25, 0.3) is 0 Å². The Balaban J connectivity index is 2.48. The first-order chi connectivity index (χ1) is 14.3. The number of alkyl halides is 9. The van der Waals surface area contributed by atoms with Crippen LogP contribution in [0.5, 0.6) is 0 Å². The van der Waals surface area contributed by atoms with Crippen LogP contribution in [0.1, 0.15) is 16.7 Å². The quantitative estimate of drug-likeness (QED) is 0.272. The Morgan fingerprint density at radius 1 is 0.484 bits per heavy atom. The Morgan fingerprint density at radius 3 is 1.13 bits per heavy atom. The highest BCUT2D eigenvalue weighted by Crippen LogP contribution is 2.48. The van der Waals surface area contributed by atoms with Gasteiger partial charge in [-0.05, 0) is 36.4 Å². The van der Waals surface area contributed by atoms with Crippen LogP contribution in [0.4, 0.5) is 39.5 Å². The molecule has 0 aliphatic rings. The van der Waals surface area contributed by atoms with Crippen LogP contribution >= 0.6 is 0 Å². The Hall–Kier alpha value is -2.62. The average molecular weight is 467 g/mol. The second-order valence-corrected chi connectivity index (χ2v) is 8.29. The van der Waals surface area contributed by atoms with Crippen LogP contribution in [0.2, 0.25) is 0 Å². The molecule has 0 saturated heterocycles. The molecule has 0 N–H and O–H groups in total. The number of hydrogen-bond donors (Lipinski definition) is 0. The van der Waals surface area contributed by atoms with Crippen molar-refractivity contribution >= 4 is 10.9 Å². The molecule has 0 spiro atoms. The highest BCUT2D eigenvalue weighted by Gasteiger charge is 2.51. The molecule has 0 heterocycles. The summed E-state index contributed by atoms with van der Waals surface area (Å²) < 4.78 is 123. The molecule has 0 atom stereocenters. The van der Waals surface area contributed by atoms with E-state index < -0.39 is 51.0 Å². The molecule has 10 heteroatoms. The fourth-order valence-corrected chi connectivity index (χ4v) is 5.31. The van der Waals surface area contributed by atoms with Gasteiger partial charge in [0.15, 0.2) is 14.7 Å². The third-order valence-electron chi connectivity index (χ3n) is 4.19. The zero-order chi connectivity index (χ0) is 23.0. The topological polar surface area (TPSA) is 0 Å². The van der Waals surface area contributed by atoms with Crippen LogP contribution in [-0.4, -0.2) is 0 Å². The summed E-state index contributed by atoms with van der Waals surface area (Å²) in [6.07, 6.45) is -16.3. The van der Waals surface area contributed by atoms with E-state index in [0.29, 0.717) is 0 Å². The van der Waals surface area contributed by atoms with Gasteiger partial charge in [0.05, 0.1) is 5.56 Å². The summed E-state index contributed by atoms with van der Waals surface area (Å²) in [7, 11) is -1.97. The lowest BCUT2D eigenvalue weighted by Gasteiger charge is -2.21. The highest BCUT2D eigenvalue weighted by molar-refractivity contribution is 7.97. The third kappa shape index (κ3) is 5.00. The van der Waals surface area contributed by atoms with Gasteiger partial charge in [0, 0.05) is 0 Å². The third-order valence-corrected chi connectivity index (χ3v) is 6.52. The lowest BCUT2D eigenvalue weighted by molar-refractivity contribution is -0.151. The van der Waals surface area contributed by atoms with Gasteiger partial charge in [-0.25, -0.2) is 0 Å². The smallest absolute Gasteiger partial charge is 0.166 e. The Labute approximate surface area is 173 Å². The van der Waals surface area contributed by atoms with E-state index in [4.69, 9.17) is 0 Å². The maximum absolute atomic E-state index is 13.8. The van der Waals surface area contributed by atoms with Crippen molar-refractivity contribution in [1.82, 2.24) is 0 Å². The lowest BCUT2D eigenvalue weighted by Crippen LogP contribution is -2.23. The molecule has 0 nitrogen and oxygen atoms in total. The average Bonchev–Trinajstić information content (AvgIpc) is 2.67. The summed E-state index contributed by atoms with van der Waals surface area (Å²) in [6.45, 7) is 0. The van der Waals surface area contributed by atoms with Crippen molar-refractivity contribution in [3.8, 4) is 0 Å². The molecule has 0 fully saturated rings. The molecular weight excluding hydrogens is 455 g/mol. The zero-order valence-corrected chi connectivity index (χ0v) is 16.1. The Morgan fingerprint density at radius 2 is 0.839 bits per heavy atom. The van der Waals surface area contributed by atoms with E-state index in [9.17, 15) is 39.5 Å². The van der Waals surface area contributed by atoms with Crippen LogP contribution in [-0.2, 0) is 29.4 Å². The molecule has 0 radical (unpaired) electrons. The highest BCUT2D eigenvalue weighted by atomic mass is 32.2.